The average molecular weight is 327 g/mol. The summed E-state index contributed by atoms with van der Waals surface area (Å²) in [7, 11) is 1.69. The van der Waals surface area contributed by atoms with Crippen molar-refractivity contribution in [2.45, 2.75) is 40.3 Å². The van der Waals surface area contributed by atoms with E-state index in [0.29, 0.717) is 12.5 Å². The summed E-state index contributed by atoms with van der Waals surface area (Å²) in [5.74, 6) is 2.32. The summed E-state index contributed by atoms with van der Waals surface area (Å²) < 4.78 is 11.6. The van der Waals surface area contributed by atoms with Crippen LogP contribution in [0, 0.1) is 12.8 Å². The van der Waals surface area contributed by atoms with Crippen LogP contribution < -0.4 is 14.8 Å². The van der Waals surface area contributed by atoms with Crippen LogP contribution in [0.15, 0.2) is 42.5 Å². The fraction of sp³-hybridized carbons (Fsp3) is 0.429. The SMILES string of the molecule is COc1cccc(CNCCC(C)C)c1OCc1cccc(C)c1. The van der Waals surface area contributed by atoms with Gasteiger partial charge in [-0.05, 0) is 37.4 Å². The van der Waals surface area contributed by atoms with Crippen molar-refractivity contribution >= 4 is 0 Å². The predicted molar refractivity (Wildman–Crippen MR) is 99.7 cm³/mol. The van der Waals surface area contributed by atoms with Crippen LogP contribution in [-0.4, -0.2) is 13.7 Å². The van der Waals surface area contributed by atoms with Crippen LogP contribution in [0.25, 0.3) is 0 Å². The zero-order valence-electron chi connectivity index (χ0n) is 15.3. The van der Waals surface area contributed by atoms with Gasteiger partial charge in [-0.15, -0.1) is 0 Å². The normalized spacial score (nSPS) is 10.9. The van der Waals surface area contributed by atoms with Crippen LogP contribution in [0.4, 0.5) is 0 Å². The van der Waals surface area contributed by atoms with Crippen molar-refractivity contribution in [1.29, 1.82) is 0 Å². The van der Waals surface area contributed by atoms with E-state index < -0.39 is 0 Å². The van der Waals surface area contributed by atoms with Crippen molar-refractivity contribution in [3.63, 3.8) is 0 Å². The molecule has 0 aliphatic carbocycles. The van der Waals surface area contributed by atoms with Crippen molar-refractivity contribution in [3.05, 3.63) is 59.2 Å². The molecule has 0 bridgehead atoms. The number of para-hydroxylation sites is 1. The minimum atomic E-state index is 0.543. The molecule has 0 heterocycles. The average Bonchev–Trinajstić information content (AvgIpc) is 2.57. The molecule has 0 aliphatic heterocycles. The first-order valence-electron chi connectivity index (χ1n) is 8.65. The summed E-state index contributed by atoms with van der Waals surface area (Å²) in [6.07, 6.45) is 1.17. The Morgan fingerprint density at radius 1 is 1.08 bits per heavy atom. The molecule has 2 aromatic rings. The van der Waals surface area contributed by atoms with Crippen LogP contribution >= 0.6 is 0 Å². The molecule has 0 atom stereocenters. The molecule has 3 heteroatoms. The zero-order valence-corrected chi connectivity index (χ0v) is 15.3. The van der Waals surface area contributed by atoms with E-state index in [0.717, 1.165) is 30.2 Å². The maximum absolute atomic E-state index is 6.11. The van der Waals surface area contributed by atoms with Gasteiger partial charge in [0, 0.05) is 12.1 Å². The van der Waals surface area contributed by atoms with Gasteiger partial charge in [0.2, 0.25) is 0 Å². The van der Waals surface area contributed by atoms with Crippen LogP contribution in [0.1, 0.15) is 37.0 Å². The van der Waals surface area contributed by atoms with Gasteiger partial charge in [0.15, 0.2) is 11.5 Å². The summed E-state index contributed by atoms with van der Waals surface area (Å²) in [6, 6.07) is 14.4. The van der Waals surface area contributed by atoms with Gasteiger partial charge in [-0.1, -0.05) is 55.8 Å². The van der Waals surface area contributed by atoms with Crippen molar-refractivity contribution in [3.8, 4) is 11.5 Å². The Labute approximate surface area is 146 Å². The molecule has 0 saturated heterocycles. The minimum Gasteiger partial charge on any atom is -0.493 e. The second kappa shape index (κ2) is 9.33. The molecule has 0 fully saturated rings. The van der Waals surface area contributed by atoms with Gasteiger partial charge < -0.3 is 14.8 Å². The van der Waals surface area contributed by atoms with E-state index in [9.17, 15) is 0 Å². The summed E-state index contributed by atoms with van der Waals surface area (Å²) in [5.41, 5.74) is 3.54. The van der Waals surface area contributed by atoms with Gasteiger partial charge in [-0.2, -0.15) is 0 Å². The molecule has 3 nitrogen and oxygen atoms in total. The summed E-state index contributed by atoms with van der Waals surface area (Å²) in [4.78, 5) is 0. The first-order valence-corrected chi connectivity index (χ1v) is 8.65. The molecule has 0 unspecified atom stereocenters. The van der Waals surface area contributed by atoms with E-state index >= 15 is 0 Å². The third-order valence-corrected chi connectivity index (χ3v) is 3.96. The lowest BCUT2D eigenvalue weighted by Crippen LogP contribution is -2.17. The lowest BCUT2D eigenvalue weighted by atomic mass is 10.1. The standard InChI is InChI=1S/C21H29NO2/c1-16(2)11-12-22-14-19-9-6-10-20(23-4)21(19)24-15-18-8-5-7-17(3)13-18/h5-10,13,16,22H,11-12,14-15H2,1-4H3. The van der Waals surface area contributed by atoms with Gasteiger partial charge in [0.05, 0.1) is 7.11 Å². The molecule has 0 saturated carbocycles. The van der Waals surface area contributed by atoms with E-state index in [-0.39, 0.29) is 0 Å². The first-order chi connectivity index (χ1) is 11.6. The van der Waals surface area contributed by atoms with Gasteiger partial charge in [0.1, 0.15) is 6.61 Å². The molecule has 2 rings (SSSR count). The highest BCUT2D eigenvalue weighted by Gasteiger charge is 2.11. The molecule has 0 radical (unpaired) electrons. The van der Waals surface area contributed by atoms with Crippen molar-refractivity contribution in [2.24, 2.45) is 5.92 Å². The Balaban J connectivity index is 2.05. The molecule has 0 aromatic heterocycles. The smallest absolute Gasteiger partial charge is 0.166 e. The molecule has 1 N–H and O–H groups in total. The van der Waals surface area contributed by atoms with Crippen molar-refractivity contribution in [2.75, 3.05) is 13.7 Å². The number of nitrogens with one attached hydrogen (secondary N) is 1. The van der Waals surface area contributed by atoms with Crippen molar-refractivity contribution in [1.82, 2.24) is 5.32 Å². The fourth-order valence-electron chi connectivity index (χ4n) is 2.60. The third-order valence-electron chi connectivity index (χ3n) is 3.96. The second-order valence-corrected chi connectivity index (χ2v) is 6.59. The van der Waals surface area contributed by atoms with Crippen LogP contribution in [0.3, 0.4) is 0 Å². The Bertz CT molecular complexity index is 637. The van der Waals surface area contributed by atoms with E-state index in [2.05, 4.69) is 56.4 Å². The molecule has 130 valence electrons. The fourth-order valence-corrected chi connectivity index (χ4v) is 2.60. The molecule has 24 heavy (non-hydrogen) atoms. The highest BCUT2D eigenvalue weighted by atomic mass is 16.5. The highest BCUT2D eigenvalue weighted by Crippen LogP contribution is 2.31. The van der Waals surface area contributed by atoms with Gasteiger partial charge in [0.25, 0.3) is 0 Å². The van der Waals surface area contributed by atoms with Crippen LogP contribution in [-0.2, 0) is 13.2 Å². The first kappa shape index (κ1) is 18.3. The third kappa shape index (κ3) is 5.57. The van der Waals surface area contributed by atoms with Gasteiger partial charge >= 0.3 is 0 Å². The largest absolute Gasteiger partial charge is 0.493 e. The number of ether oxygens (including phenoxy) is 2. The Hall–Kier alpha value is -2.00. The van der Waals surface area contributed by atoms with E-state index in [1.807, 2.05) is 12.1 Å². The summed E-state index contributed by atoms with van der Waals surface area (Å²) in [5, 5.41) is 3.50. The Kier molecular flexibility index (Phi) is 7.13. The molecule has 0 amide bonds. The zero-order chi connectivity index (χ0) is 17.4. The molecule has 0 spiro atoms. The summed E-state index contributed by atoms with van der Waals surface area (Å²) in [6.45, 7) is 8.91. The highest BCUT2D eigenvalue weighted by molar-refractivity contribution is 5.46. The predicted octanol–water partition coefficient (Wildman–Crippen LogP) is 4.72. The van der Waals surface area contributed by atoms with E-state index in [1.54, 1.807) is 7.11 Å². The molecular weight excluding hydrogens is 298 g/mol. The number of benzene rings is 2. The lowest BCUT2D eigenvalue weighted by Gasteiger charge is -2.16. The number of aryl methyl sites for hydroxylation is 1. The quantitative estimate of drug-likeness (QED) is 0.676. The Morgan fingerprint density at radius 2 is 1.88 bits per heavy atom. The van der Waals surface area contributed by atoms with Gasteiger partial charge in [-0.25, -0.2) is 0 Å². The summed E-state index contributed by atoms with van der Waals surface area (Å²) >= 11 is 0. The molecule has 0 aliphatic rings. The van der Waals surface area contributed by atoms with Crippen molar-refractivity contribution < 1.29 is 9.47 Å². The maximum Gasteiger partial charge on any atom is 0.166 e. The lowest BCUT2D eigenvalue weighted by molar-refractivity contribution is 0.280. The van der Waals surface area contributed by atoms with Crippen LogP contribution in [0.2, 0.25) is 0 Å². The van der Waals surface area contributed by atoms with E-state index in [1.165, 1.54) is 17.5 Å². The number of methoxy groups -OCH3 is 1. The number of hydrogen-bond acceptors (Lipinski definition) is 3. The second-order valence-electron chi connectivity index (χ2n) is 6.59. The maximum atomic E-state index is 6.11. The molecule has 2 aromatic carbocycles. The topological polar surface area (TPSA) is 30.5 Å². The molecular formula is C21H29NO2. The minimum absolute atomic E-state index is 0.543. The van der Waals surface area contributed by atoms with Crippen LogP contribution in [0.5, 0.6) is 11.5 Å². The Morgan fingerprint density at radius 3 is 2.58 bits per heavy atom. The van der Waals surface area contributed by atoms with E-state index in [4.69, 9.17) is 9.47 Å². The monoisotopic (exact) mass is 327 g/mol. The van der Waals surface area contributed by atoms with Gasteiger partial charge in [-0.3, -0.25) is 0 Å². The number of hydrogen-bond donors (Lipinski definition) is 1. The number of rotatable bonds is 9.